The number of carbonyl (C=O) groups excluding carboxylic acids is 1. The minimum atomic E-state index is -2.93. The fraction of sp³-hybridized carbons (Fsp3) is 0.286. The second-order valence-corrected chi connectivity index (χ2v) is 8.81. The summed E-state index contributed by atoms with van der Waals surface area (Å²) in [6, 6.07) is 3.46. The molecule has 1 amide bonds. The summed E-state index contributed by atoms with van der Waals surface area (Å²) in [7, 11) is 1.50. The lowest BCUT2D eigenvalue weighted by molar-refractivity contribution is 0.0957. The SMILES string of the molecule is CNC(=O)c1ncn2c1CC[C@H](c1c(F)ccc(N(c3cc(Cl)cnc3C)S(=O)[O-])c1F)C2. The highest BCUT2D eigenvalue weighted by Gasteiger charge is 2.31. The van der Waals surface area contributed by atoms with Gasteiger partial charge in [0.1, 0.15) is 11.5 Å². The van der Waals surface area contributed by atoms with Gasteiger partial charge in [0.05, 0.1) is 45.4 Å². The van der Waals surface area contributed by atoms with Gasteiger partial charge in [0.25, 0.3) is 5.91 Å². The molecule has 1 aliphatic rings. The molecule has 1 unspecified atom stereocenters. The first-order chi connectivity index (χ1) is 15.7. The van der Waals surface area contributed by atoms with Crippen LogP contribution >= 0.6 is 11.6 Å². The largest absolute Gasteiger partial charge is 0.755 e. The van der Waals surface area contributed by atoms with E-state index >= 15 is 4.39 Å². The summed E-state index contributed by atoms with van der Waals surface area (Å²) in [6.07, 6.45) is 3.54. The van der Waals surface area contributed by atoms with Crippen LogP contribution in [0.25, 0.3) is 0 Å². The number of benzene rings is 1. The van der Waals surface area contributed by atoms with Crippen molar-refractivity contribution in [1.82, 2.24) is 19.9 Å². The van der Waals surface area contributed by atoms with Crippen molar-refractivity contribution in [2.75, 3.05) is 11.4 Å². The van der Waals surface area contributed by atoms with E-state index in [1.54, 1.807) is 11.5 Å². The third-order valence-corrected chi connectivity index (χ3v) is 6.56. The Morgan fingerprint density at radius 2 is 2.09 bits per heavy atom. The average molecular weight is 495 g/mol. The van der Waals surface area contributed by atoms with Crippen LogP contribution in [-0.4, -0.2) is 36.3 Å². The van der Waals surface area contributed by atoms with E-state index in [9.17, 15) is 17.9 Å². The number of carbonyl (C=O) groups is 1. The van der Waals surface area contributed by atoms with Gasteiger partial charge >= 0.3 is 0 Å². The zero-order chi connectivity index (χ0) is 23.9. The number of nitrogens with one attached hydrogen (secondary N) is 1. The number of anilines is 2. The van der Waals surface area contributed by atoms with Crippen LogP contribution in [0.5, 0.6) is 0 Å². The predicted molar refractivity (Wildman–Crippen MR) is 118 cm³/mol. The maximum Gasteiger partial charge on any atom is 0.271 e. The first kappa shape index (κ1) is 23.3. The number of aryl methyl sites for hydroxylation is 1. The molecule has 12 heteroatoms. The van der Waals surface area contributed by atoms with Crippen LogP contribution in [0.3, 0.4) is 0 Å². The van der Waals surface area contributed by atoms with Crippen molar-refractivity contribution >= 4 is 40.1 Å². The lowest BCUT2D eigenvalue weighted by Gasteiger charge is -2.30. The van der Waals surface area contributed by atoms with Crippen molar-refractivity contribution in [3.63, 3.8) is 0 Å². The number of amides is 1. The van der Waals surface area contributed by atoms with Crippen LogP contribution in [0.15, 0.2) is 30.7 Å². The van der Waals surface area contributed by atoms with Gasteiger partial charge in [0.2, 0.25) is 0 Å². The smallest absolute Gasteiger partial charge is 0.271 e. The van der Waals surface area contributed by atoms with Crippen molar-refractivity contribution in [2.45, 2.75) is 32.2 Å². The van der Waals surface area contributed by atoms with Gasteiger partial charge in [-0.25, -0.2) is 13.8 Å². The van der Waals surface area contributed by atoms with Crippen molar-refractivity contribution in [2.24, 2.45) is 0 Å². The van der Waals surface area contributed by atoms with Crippen LogP contribution in [0.1, 0.15) is 39.8 Å². The molecule has 1 aromatic carbocycles. The molecule has 0 spiro atoms. The molecule has 0 aliphatic carbocycles. The second kappa shape index (κ2) is 9.16. The Bertz CT molecular complexity index is 1270. The van der Waals surface area contributed by atoms with Crippen LogP contribution in [0, 0.1) is 18.6 Å². The number of hydrogen-bond donors (Lipinski definition) is 1. The van der Waals surface area contributed by atoms with Crippen molar-refractivity contribution in [1.29, 1.82) is 0 Å². The van der Waals surface area contributed by atoms with Crippen molar-refractivity contribution in [3.05, 3.63) is 70.0 Å². The van der Waals surface area contributed by atoms with E-state index in [-0.39, 0.29) is 40.1 Å². The zero-order valence-electron chi connectivity index (χ0n) is 17.6. The van der Waals surface area contributed by atoms with Gasteiger partial charge in [-0.15, -0.1) is 0 Å². The molecule has 0 radical (unpaired) electrons. The van der Waals surface area contributed by atoms with E-state index < -0.39 is 28.8 Å². The molecule has 0 saturated carbocycles. The molecule has 3 aromatic rings. The third kappa shape index (κ3) is 4.23. The summed E-state index contributed by atoms with van der Waals surface area (Å²) in [6.45, 7) is 1.74. The van der Waals surface area contributed by atoms with Gasteiger partial charge in [0, 0.05) is 31.3 Å². The summed E-state index contributed by atoms with van der Waals surface area (Å²) in [5.74, 6) is -2.70. The van der Waals surface area contributed by atoms with Gasteiger partial charge in [0.15, 0.2) is 5.82 Å². The zero-order valence-corrected chi connectivity index (χ0v) is 19.2. The Balaban J connectivity index is 1.76. The molecule has 0 fully saturated rings. The number of pyridine rings is 1. The summed E-state index contributed by atoms with van der Waals surface area (Å²) in [4.78, 5) is 20.1. The first-order valence-electron chi connectivity index (χ1n) is 9.98. The molecule has 174 valence electrons. The normalized spacial score (nSPS) is 16.2. The molecule has 4 rings (SSSR count). The highest BCUT2D eigenvalue weighted by molar-refractivity contribution is 7.81. The maximum atomic E-state index is 15.7. The van der Waals surface area contributed by atoms with Gasteiger partial charge in [-0.05, 0) is 38.0 Å². The molecule has 1 aliphatic heterocycles. The molecule has 0 saturated heterocycles. The lowest BCUT2D eigenvalue weighted by Crippen LogP contribution is -2.26. The van der Waals surface area contributed by atoms with Crippen LogP contribution in [-0.2, 0) is 24.2 Å². The Kier molecular flexibility index (Phi) is 6.46. The van der Waals surface area contributed by atoms with Crippen LogP contribution in [0.2, 0.25) is 5.02 Å². The van der Waals surface area contributed by atoms with E-state index in [0.717, 1.165) is 12.1 Å². The van der Waals surface area contributed by atoms with E-state index in [1.165, 1.54) is 25.6 Å². The number of imidazole rings is 1. The maximum absolute atomic E-state index is 15.7. The topological polar surface area (TPSA) is 103 Å². The number of nitrogens with zero attached hydrogens (tertiary/aromatic N) is 4. The average Bonchev–Trinajstić information content (AvgIpc) is 3.20. The van der Waals surface area contributed by atoms with E-state index in [1.807, 2.05) is 0 Å². The summed E-state index contributed by atoms with van der Waals surface area (Å²) in [5.41, 5.74) is 0.762. The second-order valence-electron chi connectivity index (χ2n) is 7.57. The molecule has 2 atom stereocenters. The van der Waals surface area contributed by atoms with Crippen LogP contribution < -0.4 is 9.62 Å². The predicted octanol–water partition coefficient (Wildman–Crippen LogP) is 3.54. The quantitative estimate of drug-likeness (QED) is 0.546. The van der Waals surface area contributed by atoms with E-state index in [2.05, 4.69) is 15.3 Å². The molecule has 33 heavy (non-hydrogen) atoms. The number of aromatic nitrogens is 3. The Morgan fingerprint density at radius 1 is 1.33 bits per heavy atom. The van der Waals surface area contributed by atoms with Gasteiger partial charge in [-0.1, -0.05) is 11.6 Å². The van der Waals surface area contributed by atoms with Crippen molar-refractivity contribution < 1.29 is 22.3 Å². The summed E-state index contributed by atoms with van der Waals surface area (Å²) in [5, 5.41) is 2.69. The summed E-state index contributed by atoms with van der Waals surface area (Å²) >= 11 is 3.04. The van der Waals surface area contributed by atoms with Crippen LogP contribution in [0.4, 0.5) is 20.2 Å². The Morgan fingerprint density at radius 3 is 2.79 bits per heavy atom. The number of halogens is 3. The van der Waals surface area contributed by atoms with Crippen molar-refractivity contribution in [3.8, 4) is 0 Å². The minimum Gasteiger partial charge on any atom is -0.755 e. The standard InChI is InChI=1S/C21H20ClF2N5O3S/c1-11-17(7-13(22)8-26-11)29(33(31)32)15-6-4-14(23)18(19(15)24)12-3-5-16-20(21(30)25-2)27-10-28(16)9-12/h4,6-8,10,12H,3,5,9H2,1-2H3,(H,25,30)(H,31,32)/p-1/t12-/m0/s1. The molecule has 3 heterocycles. The molecule has 8 nitrogen and oxygen atoms in total. The molecule has 0 bridgehead atoms. The number of rotatable bonds is 5. The summed E-state index contributed by atoms with van der Waals surface area (Å²) < 4.78 is 57.2. The highest BCUT2D eigenvalue weighted by Crippen LogP contribution is 2.39. The van der Waals surface area contributed by atoms with E-state index in [4.69, 9.17) is 11.6 Å². The third-order valence-electron chi connectivity index (χ3n) is 5.66. The number of fused-ring (bicyclic) bond motifs is 1. The fourth-order valence-electron chi connectivity index (χ4n) is 4.09. The number of hydrogen-bond acceptors (Lipinski definition) is 5. The van der Waals surface area contributed by atoms with Gasteiger partial charge in [-0.3, -0.25) is 18.3 Å². The molecule has 1 N–H and O–H groups in total. The molecule has 2 aromatic heterocycles. The Labute approximate surface area is 196 Å². The minimum absolute atomic E-state index is 0.0584. The monoisotopic (exact) mass is 494 g/mol. The Hall–Kier alpha value is -2.89. The molecular weight excluding hydrogens is 476 g/mol. The van der Waals surface area contributed by atoms with Gasteiger partial charge < -0.3 is 14.4 Å². The van der Waals surface area contributed by atoms with E-state index in [0.29, 0.717) is 28.5 Å². The highest BCUT2D eigenvalue weighted by atomic mass is 35.5. The fourth-order valence-corrected chi connectivity index (χ4v) is 4.89. The first-order valence-corrected chi connectivity index (χ1v) is 11.4. The lowest BCUT2D eigenvalue weighted by atomic mass is 9.89. The van der Waals surface area contributed by atoms with Gasteiger partial charge in [-0.2, -0.15) is 0 Å². The molecular formula is C21H19ClF2N5O3S-.